The van der Waals surface area contributed by atoms with Gasteiger partial charge in [0.25, 0.3) is 0 Å². The molecule has 0 spiro atoms. The molecule has 0 saturated heterocycles. The Kier molecular flexibility index (Phi) is 13.6. The van der Waals surface area contributed by atoms with Crippen molar-refractivity contribution in [2.75, 3.05) is 26.3 Å². The summed E-state index contributed by atoms with van der Waals surface area (Å²) in [6.45, 7) is 5.81. The molecule has 16 heteroatoms. The van der Waals surface area contributed by atoms with E-state index in [4.69, 9.17) is 19.6 Å². The summed E-state index contributed by atoms with van der Waals surface area (Å²) in [6, 6.07) is 12.5. The number of aryl methyl sites for hydroxylation is 1. The maximum absolute atomic E-state index is 15.8. The number of benzene rings is 3. The fourth-order valence-corrected chi connectivity index (χ4v) is 17.4. The Hall–Kier alpha value is -6.40. The van der Waals surface area contributed by atoms with Gasteiger partial charge in [-0.3, -0.25) is 10.1 Å². The zero-order valence-corrected chi connectivity index (χ0v) is 46.3. The zero-order valence-electron chi connectivity index (χ0n) is 46.3. The lowest BCUT2D eigenvalue weighted by Crippen LogP contribution is -2.59. The van der Waals surface area contributed by atoms with Crippen molar-refractivity contribution in [1.29, 1.82) is 0 Å². The number of allylic oxidation sites excluding steroid dienone is 5. The number of hydrogen-bond acceptors (Lipinski definition) is 16. The van der Waals surface area contributed by atoms with E-state index in [-0.39, 0.29) is 100 Å². The summed E-state index contributed by atoms with van der Waals surface area (Å²) in [4.78, 5) is 30.5. The third kappa shape index (κ3) is 8.43. The first-order valence-electron chi connectivity index (χ1n) is 29.5. The third-order valence-corrected chi connectivity index (χ3v) is 20.9. The number of phenols is 2. The number of rotatable bonds is 9. The highest BCUT2D eigenvalue weighted by Gasteiger charge is 2.60. The van der Waals surface area contributed by atoms with Crippen molar-refractivity contribution in [1.82, 2.24) is 16.0 Å². The Morgan fingerprint density at radius 3 is 2.58 bits per heavy atom. The van der Waals surface area contributed by atoms with Crippen LogP contribution in [0.2, 0.25) is 0 Å². The second kappa shape index (κ2) is 20.5. The van der Waals surface area contributed by atoms with Crippen LogP contribution in [0.1, 0.15) is 153 Å². The van der Waals surface area contributed by atoms with Crippen molar-refractivity contribution in [3.8, 4) is 17.2 Å². The van der Waals surface area contributed by atoms with E-state index >= 15 is 4.79 Å². The number of nitrogens with one attached hydrogen (secondary N) is 3. The molecule has 14 atom stereocenters. The highest BCUT2D eigenvalue weighted by molar-refractivity contribution is 5.93. The minimum atomic E-state index is -1.60. The maximum Gasteiger partial charge on any atom is 0.337 e. The van der Waals surface area contributed by atoms with Gasteiger partial charge in [-0.05, 0) is 188 Å². The van der Waals surface area contributed by atoms with Gasteiger partial charge in [0, 0.05) is 60.7 Å². The van der Waals surface area contributed by atoms with Crippen molar-refractivity contribution < 1.29 is 54.4 Å². The smallest absolute Gasteiger partial charge is 0.337 e. The van der Waals surface area contributed by atoms with Gasteiger partial charge in [0.2, 0.25) is 0 Å². The number of hydrogen-bond donors (Lipinski definition) is 11. The van der Waals surface area contributed by atoms with Gasteiger partial charge >= 0.3 is 5.97 Å². The molecule has 6 bridgehead atoms. The summed E-state index contributed by atoms with van der Waals surface area (Å²) < 4.78 is 21.6. The molecule has 0 amide bonds. The minimum absolute atomic E-state index is 0.00591. The molecule has 4 aliphatic heterocycles. The molecule has 2 fully saturated rings. The third-order valence-electron chi connectivity index (χ3n) is 20.9. The SMILES string of the molecule is CC=C(C(=O)OC1Cc2c3c(c4oc(CO)cc(=O)c4c2O)C2C4=CCNC(N)=C4C(CCc4ccc(O)cc4C2CO)C2CCC4=CC(NCC)NC=C4CC2C1(C)O3)C1(O)CC2CC1CC1CC(CCO)C(O)c3cccc2c31. The van der Waals surface area contributed by atoms with Crippen LogP contribution in [0.4, 0.5) is 0 Å². The maximum atomic E-state index is 15.8. The molecule has 13 rings (SSSR count). The number of carbonyl (C=O) groups is 1. The Bertz CT molecular complexity index is 3470. The number of carbonyl (C=O) groups excluding carboxylic acids is 1. The first-order valence-corrected chi connectivity index (χ1v) is 29.5. The van der Waals surface area contributed by atoms with Gasteiger partial charge in [0.1, 0.15) is 58.1 Å². The topological polar surface area (TPSA) is 269 Å². The predicted molar refractivity (Wildman–Crippen MR) is 303 cm³/mol. The van der Waals surface area contributed by atoms with E-state index in [0.29, 0.717) is 81.3 Å². The van der Waals surface area contributed by atoms with Gasteiger partial charge in [-0.25, -0.2) is 4.79 Å². The first-order chi connectivity index (χ1) is 39.1. The summed E-state index contributed by atoms with van der Waals surface area (Å²) in [6.07, 6.45) is 11.6. The summed E-state index contributed by atoms with van der Waals surface area (Å²) in [7, 11) is 0. The number of fused-ring (bicyclic) bond motifs is 12. The largest absolute Gasteiger partial charge is 0.508 e. The van der Waals surface area contributed by atoms with E-state index in [1.54, 1.807) is 25.1 Å². The van der Waals surface area contributed by atoms with Crippen molar-refractivity contribution in [3.63, 3.8) is 0 Å². The summed E-state index contributed by atoms with van der Waals surface area (Å²) in [5.41, 5.74) is 13.0. The molecule has 5 aliphatic carbocycles. The Morgan fingerprint density at radius 1 is 0.988 bits per heavy atom. The van der Waals surface area contributed by atoms with Gasteiger partial charge in [-0.15, -0.1) is 0 Å². The molecule has 0 radical (unpaired) electrons. The Labute approximate surface area is 471 Å². The zero-order chi connectivity index (χ0) is 56.4. The lowest BCUT2D eigenvalue weighted by molar-refractivity contribution is -0.171. The predicted octanol–water partition coefficient (Wildman–Crippen LogP) is 7.00. The first kappa shape index (κ1) is 53.9. The number of nitrogens with two attached hydrogens (primary N) is 1. The van der Waals surface area contributed by atoms with Crippen LogP contribution >= 0.6 is 0 Å². The van der Waals surface area contributed by atoms with Gasteiger partial charge in [0.15, 0.2) is 5.43 Å². The van der Waals surface area contributed by atoms with Crippen molar-refractivity contribution >= 4 is 16.9 Å². The van der Waals surface area contributed by atoms with Gasteiger partial charge in [-0.2, -0.15) is 0 Å². The molecule has 3 aromatic carbocycles. The molecule has 428 valence electrons. The van der Waals surface area contributed by atoms with Gasteiger partial charge < -0.3 is 66.0 Å². The van der Waals surface area contributed by atoms with Crippen molar-refractivity contribution in [2.24, 2.45) is 35.3 Å². The average molecular weight is 1110 g/mol. The standard InChI is InChI=1S/C65H76N4O12/c1-4-48(65(78)27-35-21-37(65)20-34-19-33(16-18-70)58(75)44-8-6-7-40(35)53(34)44)63(77)80-51-26-46-59(76)56-50(74)25-39(29-71)79-61(56)57-54-43-15-17-68-62(66)55(43)42(14-10-31-9-12-38(73)24-45(31)47(54)30-72)41-13-11-32-23-52(67-5-2)69-28-36(32)22-49(41)64(51,3)81-60(46)57/h4,6-9,12,15,23-25,28,33-35,37,41-42,47,49,51-52,54,58,67-73,75-76,78H,5,10-11,13-14,16-22,26-27,29-30,66H2,1-3H3. The van der Waals surface area contributed by atoms with E-state index in [0.717, 1.165) is 51.6 Å². The normalized spacial score (nSPS) is 33.6. The van der Waals surface area contributed by atoms with E-state index in [1.165, 1.54) is 5.57 Å². The summed E-state index contributed by atoms with van der Waals surface area (Å²) >= 11 is 0. The number of likely N-dealkylation sites (N-methyl/N-ethyl adjacent to an activating group) is 1. The molecule has 4 aromatic rings. The molecule has 16 nitrogen and oxygen atoms in total. The minimum Gasteiger partial charge on any atom is -0.508 e. The highest BCUT2D eigenvalue weighted by Crippen LogP contribution is 2.63. The molecule has 1 aromatic heterocycles. The molecule has 5 heterocycles. The van der Waals surface area contributed by atoms with E-state index < -0.39 is 71.5 Å². The lowest BCUT2D eigenvalue weighted by atomic mass is 9.61. The van der Waals surface area contributed by atoms with Crippen LogP contribution in [0, 0.1) is 29.6 Å². The van der Waals surface area contributed by atoms with Crippen LogP contribution in [0.15, 0.2) is 110 Å². The molecular formula is C65H76N4O12. The number of ether oxygens (including phenoxy) is 2. The van der Waals surface area contributed by atoms with Crippen LogP contribution < -0.4 is 31.8 Å². The summed E-state index contributed by atoms with van der Waals surface area (Å²) in [5, 5.41) is 92.3. The van der Waals surface area contributed by atoms with Crippen LogP contribution in [-0.4, -0.2) is 91.5 Å². The van der Waals surface area contributed by atoms with Crippen molar-refractivity contribution in [2.45, 2.75) is 151 Å². The molecule has 12 N–H and O–H groups in total. The van der Waals surface area contributed by atoms with E-state index in [9.17, 15) is 40.5 Å². The van der Waals surface area contributed by atoms with Crippen molar-refractivity contribution in [3.05, 3.63) is 156 Å². The second-order valence-corrected chi connectivity index (χ2v) is 24.8. The quantitative estimate of drug-likeness (QED) is 0.0595. The molecule has 9 aliphatic rings. The summed E-state index contributed by atoms with van der Waals surface area (Å²) in [5.74, 6) is -3.73. The van der Waals surface area contributed by atoms with Crippen LogP contribution in [-0.2, 0) is 29.0 Å². The Morgan fingerprint density at radius 2 is 1.80 bits per heavy atom. The molecule has 14 unspecified atom stereocenters. The highest BCUT2D eigenvalue weighted by atomic mass is 16.6. The molecule has 81 heavy (non-hydrogen) atoms. The fraction of sp³-hybridized carbons (Fsp3) is 0.508. The fourth-order valence-electron chi connectivity index (χ4n) is 17.4. The van der Waals surface area contributed by atoms with Crippen LogP contribution in [0.25, 0.3) is 11.0 Å². The number of esters is 1. The number of aliphatic hydroxyl groups is 5. The molecular weight excluding hydrogens is 1030 g/mol. The monoisotopic (exact) mass is 1100 g/mol. The molecule has 2 saturated carbocycles. The average Bonchev–Trinajstić information content (AvgIpc) is 2.54. The Balaban J connectivity index is 1.01. The number of aliphatic hydroxyl groups excluding tert-OH is 4. The van der Waals surface area contributed by atoms with Crippen LogP contribution in [0.5, 0.6) is 17.2 Å². The van der Waals surface area contributed by atoms with Gasteiger partial charge in [0.05, 0.1) is 30.1 Å². The van der Waals surface area contributed by atoms with Crippen LogP contribution in [0.3, 0.4) is 0 Å². The van der Waals surface area contributed by atoms with E-state index in [2.05, 4.69) is 47.3 Å². The lowest BCUT2D eigenvalue weighted by Gasteiger charge is -2.52. The number of aromatic hydroxyl groups is 2. The number of phenolic OH excluding ortho intramolecular Hbond substituents is 2. The second-order valence-electron chi connectivity index (χ2n) is 24.8. The van der Waals surface area contributed by atoms with Gasteiger partial charge in [-0.1, -0.05) is 43.3 Å². The number of dihydropyridines is 2. The van der Waals surface area contributed by atoms with E-state index in [1.807, 2.05) is 25.1 Å².